The number of thiophene rings is 1. The second kappa shape index (κ2) is 6.28. The Bertz CT molecular complexity index is 470. The summed E-state index contributed by atoms with van der Waals surface area (Å²) in [5.41, 5.74) is 1.08. The van der Waals surface area contributed by atoms with Crippen molar-refractivity contribution in [3.05, 3.63) is 56.4 Å². The van der Waals surface area contributed by atoms with Gasteiger partial charge in [0.25, 0.3) is 0 Å². The molecule has 1 aromatic carbocycles. The van der Waals surface area contributed by atoms with E-state index in [0.29, 0.717) is 0 Å². The van der Waals surface area contributed by atoms with Crippen LogP contribution in [0.15, 0.2) is 40.2 Å². The zero-order chi connectivity index (χ0) is 12.1. The van der Waals surface area contributed by atoms with E-state index in [2.05, 4.69) is 38.8 Å². The van der Waals surface area contributed by atoms with Gasteiger partial charge in [-0.1, -0.05) is 28.1 Å². The van der Waals surface area contributed by atoms with Gasteiger partial charge in [0.1, 0.15) is 5.82 Å². The summed E-state index contributed by atoms with van der Waals surface area (Å²) in [7, 11) is 0. The highest BCUT2D eigenvalue weighted by Crippen LogP contribution is 2.17. The lowest BCUT2D eigenvalue weighted by atomic mass is 10.2. The number of benzene rings is 1. The van der Waals surface area contributed by atoms with Gasteiger partial charge in [-0.15, -0.1) is 11.3 Å². The molecule has 0 radical (unpaired) electrons. The standard InChI is InChI=1S/C13H13BrFNS/c14-13-8-11(15)4-3-10(13)9-16-6-5-12-2-1-7-17-12/h1-4,7-8,16H,5-6,9H2. The topological polar surface area (TPSA) is 12.0 Å². The molecule has 0 aliphatic rings. The quantitative estimate of drug-likeness (QED) is 0.823. The van der Waals surface area contributed by atoms with E-state index in [1.807, 2.05) is 0 Å². The average molecular weight is 314 g/mol. The summed E-state index contributed by atoms with van der Waals surface area (Å²) in [6.45, 7) is 1.69. The Morgan fingerprint density at radius 3 is 2.88 bits per heavy atom. The summed E-state index contributed by atoms with van der Waals surface area (Å²) >= 11 is 5.14. The van der Waals surface area contributed by atoms with Crippen LogP contribution in [0.25, 0.3) is 0 Å². The van der Waals surface area contributed by atoms with Crippen LogP contribution in [0.3, 0.4) is 0 Å². The van der Waals surface area contributed by atoms with Gasteiger partial charge >= 0.3 is 0 Å². The van der Waals surface area contributed by atoms with Crippen molar-refractivity contribution in [2.75, 3.05) is 6.54 Å². The van der Waals surface area contributed by atoms with E-state index in [1.165, 1.54) is 17.0 Å². The van der Waals surface area contributed by atoms with Gasteiger partial charge in [0.05, 0.1) is 0 Å². The number of rotatable bonds is 5. The Hall–Kier alpha value is -0.710. The van der Waals surface area contributed by atoms with Gasteiger partial charge in [-0.3, -0.25) is 0 Å². The molecule has 0 aliphatic heterocycles. The van der Waals surface area contributed by atoms with Crippen LogP contribution in [-0.2, 0) is 13.0 Å². The maximum atomic E-state index is 12.9. The van der Waals surface area contributed by atoms with E-state index in [1.54, 1.807) is 17.4 Å². The predicted octanol–water partition coefficient (Wildman–Crippen LogP) is 3.98. The van der Waals surface area contributed by atoms with Gasteiger partial charge in [-0.2, -0.15) is 0 Å². The van der Waals surface area contributed by atoms with Crippen LogP contribution >= 0.6 is 27.3 Å². The van der Waals surface area contributed by atoms with Crippen LogP contribution < -0.4 is 5.32 Å². The molecule has 0 spiro atoms. The van der Waals surface area contributed by atoms with Gasteiger partial charge in [0.2, 0.25) is 0 Å². The van der Waals surface area contributed by atoms with E-state index in [9.17, 15) is 4.39 Å². The maximum absolute atomic E-state index is 12.9. The zero-order valence-electron chi connectivity index (χ0n) is 9.25. The Kier molecular flexibility index (Phi) is 4.71. The largest absolute Gasteiger partial charge is 0.312 e. The summed E-state index contributed by atoms with van der Waals surface area (Å²) in [6.07, 6.45) is 1.04. The first-order valence-electron chi connectivity index (χ1n) is 5.43. The van der Waals surface area contributed by atoms with Crippen LogP contribution in [-0.4, -0.2) is 6.54 Å². The molecular formula is C13H13BrFNS. The summed E-state index contributed by atoms with van der Waals surface area (Å²) < 4.78 is 13.7. The van der Waals surface area contributed by atoms with Gasteiger partial charge in [-0.25, -0.2) is 4.39 Å². The molecule has 17 heavy (non-hydrogen) atoms. The molecular weight excluding hydrogens is 301 g/mol. The Balaban J connectivity index is 1.78. The molecule has 0 saturated carbocycles. The molecule has 1 N–H and O–H groups in total. The molecule has 0 saturated heterocycles. The number of halogens is 2. The molecule has 0 aliphatic carbocycles. The highest BCUT2D eigenvalue weighted by atomic mass is 79.9. The third-order valence-electron chi connectivity index (χ3n) is 2.46. The molecule has 0 atom stereocenters. The van der Waals surface area contributed by atoms with Crippen molar-refractivity contribution >= 4 is 27.3 Å². The second-order valence-corrected chi connectivity index (χ2v) is 5.63. The number of hydrogen-bond donors (Lipinski definition) is 1. The molecule has 90 valence electrons. The van der Waals surface area contributed by atoms with E-state index in [-0.39, 0.29) is 5.82 Å². The maximum Gasteiger partial charge on any atom is 0.124 e. The van der Waals surface area contributed by atoms with E-state index in [0.717, 1.165) is 29.5 Å². The van der Waals surface area contributed by atoms with E-state index in [4.69, 9.17) is 0 Å². The van der Waals surface area contributed by atoms with Crippen LogP contribution in [0.4, 0.5) is 4.39 Å². The lowest BCUT2D eigenvalue weighted by Gasteiger charge is -2.06. The van der Waals surface area contributed by atoms with Crippen molar-refractivity contribution in [1.82, 2.24) is 5.32 Å². The molecule has 0 amide bonds. The van der Waals surface area contributed by atoms with Crippen molar-refractivity contribution in [3.63, 3.8) is 0 Å². The second-order valence-electron chi connectivity index (χ2n) is 3.74. The summed E-state index contributed by atoms with van der Waals surface area (Å²) in [4.78, 5) is 1.38. The number of hydrogen-bond acceptors (Lipinski definition) is 2. The Morgan fingerprint density at radius 1 is 1.29 bits per heavy atom. The molecule has 0 unspecified atom stereocenters. The lowest BCUT2D eigenvalue weighted by Crippen LogP contribution is -2.16. The molecule has 1 nitrogen and oxygen atoms in total. The monoisotopic (exact) mass is 313 g/mol. The SMILES string of the molecule is Fc1ccc(CNCCc2cccs2)c(Br)c1. The molecule has 0 fully saturated rings. The number of nitrogens with one attached hydrogen (secondary N) is 1. The summed E-state index contributed by atoms with van der Waals surface area (Å²) in [5.74, 6) is -0.209. The Morgan fingerprint density at radius 2 is 2.18 bits per heavy atom. The van der Waals surface area contributed by atoms with Gasteiger partial charge in [0.15, 0.2) is 0 Å². The fourth-order valence-electron chi connectivity index (χ4n) is 1.55. The van der Waals surface area contributed by atoms with Crippen molar-refractivity contribution in [2.24, 2.45) is 0 Å². The van der Waals surface area contributed by atoms with Crippen molar-refractivity contribution < 1.29 is 4.39 Å². The first-order valence-corrected chi connectivity index (χ1v) is 7.10. The van der Waals surface area contributed by atoms with E-state index >= 15 is 0 Å². The molecule has 1 aromatic heterocycles. The van der Waals surface area contributed by atoms with Crippen LogP contribution in [0.1, 0.15) is 10.4 Å². The fraction of sp³-hybridized carbons (Fsp3) is 0.231. The molecule has 2 rings (SSSR count). The average Bonchev–Trinajstić information content (AvgIpc) is 2.79. The minimum atomic E-state index is -0.209. The minimum Gasteiger partial charge on any atom is -0.312 e. The molecule has 2 aromatic rings. The van der Waals surface area contributed by atoms with Crippen molar-refractivity contribution in [1.29, 1.82) is 0 Å². The molecule has 0 bridgehead atoms. The summed E-state index contributed by atoms with van der Waals surface area (Å²) in [6, 6.07) is 8.99. The van der Waals surface area contributed by atoms with Crippen LogP contribution in [0.2, 0.25) is 0 Å². The normalized spacial score (nSPS) is 10.7. The lowest BCUT2D eigenvalue weighted by molar-refractivity contribution is 0.623. The molecule has 1 heterocycles. The highest BCUT2D eigenvalue weighted by molar-refractivity contribution is 9.10. The molecule has 4 heteroatoms. The smallest absolute Gasteiger partial charge is 0.124 e. The fourth-order valence-corrected chi connectivity index (χ4v) is 2.75. The van der Waals surface area contributed by atoms with Crippen molar-refractivity contribution in [2.45, 2.75) is 13.0 Å². The summed E-state index contributed by atoms with van der Waals surface area (Å²) in [5, 5.41) is 5.44. The zero-order valence-corrected chi connectivity index (χ0v) is 11.7. The first kappa shape index (κ1) is 12.7. The van der Waals surface area contributed by atoms with Gasteiger partial charge < -0.3 is 5.32 Å². The third-order valence-corrected chi connectivity index (χ3v) is 4.13. The predicted molar refractivity (Wildman–Crippen MR) is 73.8 cm³/mol. The van der Waals surface area contributed by atoms with Gasteiger partial charge in [-0.05, 0) is 35.6 Å². The third kappa shape index (κ3) is 3.91. The van der Waals surface area contributed by atoms with Crippen molar-refractivity contribution in [3.8, 4) is 0 Å². The van der Waals surface area contributed by atoms with Crippen LogP contribution in [0, 0.1) is 5.82 Å². The first-order chi connectivity index (χ1) is 8.25. The van der Waals surface area contributed by atoms with E-state index < -0.39 is 0 Å². The van der Waals surface area contributed by atoms with Gasteiger partial charge in [0, 0.05) is 22.4 Å². The van der Waals surface area contributed by atoms with Crippen LogP contribution in [0.5, 0.6) is 0 Å². The Labute approximate surface area is 113 Å². The highest BCUT2D eigenvalue weighted by Gasteiger charge is 2.01. The minimum absolute atomic E-state index is 0.209.